The van der Waals surface area contributed by atoms with Crippen LogP contribution in [0.2, 0.25) is 0 Å². The summed E-state index contributed by atoms with van der Waals surface area (Å²) in [5, 5.41) is 1.95. The molecule has 1 unspecified atom stereocenters. The van der Waals surface area contributed by atoms with Crippen LogP contribution in [-0.2, 0) is 9.47 Å². The molecule has 1 aliphatic rings. The van der Waals surface area contributed by atoms with Crippen LogP contribution in [0.4, 0.5) is 0 Å². The van der Waals surface area contributed by atoms with Crippen molar-refractivity contribution in [1.82, 2.24) is 0 Å². The topological polar surface area (TPSA) is 18.5 Å². The molecule has 1 heterocycles. The highest BCUT2D eigenvalue weighted by Crippen LogP contribution is 2.15. The molecule has 1 aliphatic heterocycles. The minimum absolute atomic E-state index is 0.0503. The van der Waals surface area contributed by atoms with Gasteiger partial charge in [-0.1, -0.05) is 31.9 Å². The smallest absolute Gasteiger partial charge is 0.157 e. The lowest BCUT2D eigenvalue weighted by atomic mass is 10.2. The molecule has 0 aliphatic carbocycles. The maximum absolute atomic E-state index is 5.64. The lowest BCUT2D eigenvalue weighted by Crippen LogP contribution is -2.25. The van der Waals surface area contributed by atoms with Gasteiger partial charge in [-0.2, -0.15) is 0 Å². The standard InChI is InChI=1S/C9H16Br2O2/c10-5-8(6-11)7-13-9-3-1-2-4-12-9/h8-9H,1-7H2. The molecule has 13 heavy (non-hydrogen) atoms. The van der Waals surface area contributed by atoms with Gasteiger partial charge >= 0.3 is 0 Å². The van der Waals surface area contributed by atoms with Gasteiger partial charge in [0.25, 0.3) is 0 Å². The Bertz CT molecular complexity index is 123. The van der Waals surface area contributed by atoms with Gasteiger partial charge < -0.3 is 9.47 Å². The second-order valence-corrected chi connectivity index (χ2v) is 4.60. The van der Waals surface area contributed by atoms with E-state index in [4.69, 9.17) is 9.47 Å². The van der Waals surface area contributed by atoms with E-state index in [0.717, 1.165) is 30.3 Å². The highest BCUT2D eigenvalue weighted by Gasteiger charge is 2.15. The van der Waals surface area contributed by atoms with Gasteiger partial charge in [0.2, 0.25) is 0 Å². The zero-order chi connectivity index (χ0) is 9.52. The summed E-state index contributed by atoms with van der Waals surface area (Å²) in [4.78, 5) is 0. The Morgan fingerprint density at radius 2 is 2.08 bits per heavy atom. The van der Waals surface area contributed by atoms with Gasteiger partial charge in [-0.25, -0.2) is 0 Å². The minimum atomic E-state index is 0.0503. The van der Waals surface area contributed by atoms with Gasteiger partial charge in [0, 0.05) is 23.2 Å². The molecule has 1 fully saturated rings. The van der Waals surface area contributed by atoms with Crippen molar-refractivity contribution in [2.24, 2.45) is 5.92 Å². The molecule has 1 saturated heterocycles. The quantitative estimate of drug-likeness (QED) is 0.726. The Labute approximate surface area is 96.6 Å². The Morgan fingerprint density at radius 1 is 1.31 bits per heavy atom. The number of hydrogen-bond acceptors (Lipinski definition) is 2. The van der Waals surface area contributed by atoms with Crippen LogP contribution in [0.15, 0.2) is 0 Å². The van der Waals surface area contributed by atoms with E-state index in [9.17, 15) is 0 Å². The second-order valence-electron chi connectivity index (χ2n) is 3.30. The summed E-state index contributed by atoms with van der Waals surface area (Å²) in [7, 11) is 0. The number of alkyl halides is 2. The first-order valence-corrected chi connectivity index (χ1v) is 6.96. The van der Waals surface area contributed by atoms with E-state index < -0.39 is 0 Å². The van der Waals surface area contributed by atoms with Crippen LogP contribution in [0.5, 0.6) is 0 Å². The van der Waals surface area contributed by atoms with Crippen molar-refractivity contribution in [2.45, 2.75) is 25.6 Å². The van der Waals surface area contributed by atoms with Crippen molar-refractivity contribution in [3.8, 4) is 0 Å². The Balaban J connectivity index is 2.09. The van der Waals surface area contributed by atoms with Gasteiger partial charge in [-0.05, 0) is 19.3 Å². The van der Waals surface area contributed by atoms with E-state index >= 15 is 0 Å². The number of halogens is 2. The predicted octanol–water partition coefficient (Wildman–Crippen LogP) is 2.94. The molecule has 0 aromatic heterocycles. The predicted molar refractivity (Wildman–Crippen MR) is 60.6 cm³/mol. The fraction of sp³-hybridized carbons (Fsp3) is 1.00. The maximum atomic E-state index is 5.64. The van der Waals surface area contributed by atoms with E-state index in [1.165, 1.54) is 12.8 Å². The van der Waals surface area contributed by atoms with Crippen LogP contribution in [0, 0.1) is 5.92 Å². The number of rotatable bonds is 5. The van der Waals surface area contributed by atoms with Crippen molar-refractivity contribution >= 4 is 31.9 Å². The van der Waals surface area contributed by atoms with Crippen molar-refractivity contribution in [2.75, 3.05) is 23.9 Å². The van der Waals surface area contributed by atoms with E-state index in [1.54, 1.807) is 0 Å². The zero-order valence-corrected chi connectivity index (χ0v) is 10.8. The first-order valence-electron chi connectivity index (χ1n) is 4.72. The average Bonchev–Trinajstić information content (AvgIpc) is 2.21. The van der Waals surface area contributed by atoms with Crippen LogP contribution >= 0.6 is 31.9 Å². The minimum Gasteiger partial charge on any atom is -0.353 e. The summed E-state index contributed by atoms with van der Waals surface area (Å²) in [6, 6.07) is 0. The van der Waals surface area contributed by atoms with E-state index in [-0.39, 0.29) is 6.29 Å². The van der Waals surface area contributed by atoms with Gasteiger partial charge in [0.05, 0.1) is 6.61 Å². The molecule has 0 bridgehead atoms. The van der Waals surface area contributed by atoms with Crippen molar-refractivity contribution in [3.05, 3.63) is 0 Å². The van der Waals surface area contributed by atoms with E-state index in [2.05, 4.69) is 31.9 Å². The molecule has 0 N–H and O–H groups in total. The highest BCUT2D eigenvalue weighted by molar-refractivity contribution is 9.09. The summed E-state index contributed by atoms with van der Waals surface area (Å²) in [5.74, 6) is 0.547. The molecule has 0 amide bonds. The average molecular weight is 316 g/mol. The van der Waals surface area contributed by atoms with Crippen LogP contribution in [0.1, 0.15) is 19.3 Å². The fourth-order valence-electron chi connectivity index (χ4n) is 1.22. The lowest BCUT2D eigenvalue weighted by molar-refractivity contribution is -0.166. The van der Waals surface area contributed by atoms with Crippen LogP contribution in [0.3, 0.4) is 0 Å². The Kier molecular flexibility index (Phi) is 6.63. The lowest BCUT2D eigenvalue weighted by Gasteiger charge is -2.24. The van der Waals surface area contributed by atoms with Crippen LogP contribution in [-0.4, -0.2) is 30.2 Å². The molecule has 78 valence electrons. The molecule has 4 heteroatoms. The van der Waals surface area contributed by atoms with Crippen molar-refractivity contribution in [1.29, 1.82) is 0 Å². The van der Waals surface area contributed by atoms with Gasteiger partial charge in [-0.15, -0.1) is 0 Å². The first kappa shape index (κ1) is 12.0. The molecule has 0 aromatic carbocycles. The third-order valence-corrected chi connectivity index (χ3v) is 3.92. The van der Waals surface area contributed by atoms with E-state index in [0.29, 0.717) is 5.92 Å². The number of hydrogen-bond donors (Lipinski definition) is 0. The molecule has 0 radical (unpaired) electrons. The molecule has 1 rings (SSSR count). The molecule has 2 nitrogen and oxygen atoms in total. The second kappa shape index (κ2) is 7.21. The monoisotopic (exact) mass is 314 g/mol. The maximum Gasteiger partial charge on any atom is 0.157 e. The first-order chi connectivity index (χ1) is 6.36. The zero-order valence-electron chi connectivity index (χ0n) is 7.68. The van der Waals surface area contributed by atoms with Gasteiger partial charge in [-0.3, -0.25) is 0 Å². The Hall–Kier alpha value is 0.880. The Morgan fingerprint density at radius 3 is 2.62 bits per heavy atom. The summed E-state index contributed by atoms with van der Waals surface area (Å²) < 4.78 is 11.1. The van der Waals surface area contributed by atoms with Crippen molar-refractivity contribution < 1.29 is 9.47 Å². The summed E-state index contributed by atoms with van der Waals surface area (Å²) >= 11 is 6.90. The molecular weight excluding hydrogens is 300 g/mol. The fourth-order valence-corrected chi connectivity index (χ4v) is 2.66. The molecule has 0 saturated carbocycles. The van der Waals surface area contributed by atoms with Crippen molar-refractivity contribution in [3.63, 3.8) is 0 Å². The third kappa shape index (κ3) is 4.77. The van der Waals surface area contributed by atoms with Gasteiger partial charge in [0.15, 0.2) is 6.29 Å². The van der Waals surface area contributed by atoms with Gasteiger partial charge in [0.1, 0.15) is 0 Å². The number of ether oxygens (including phenoxy) is 2. The summed E-state index contributed by atoms with van der Waals surface area (Å²) in [5.41, 5.74) is 0. The molecule has 0 spiro atoms. The summed E-state index contributed by atoms with van der Waals surface area (Å²) in [6.07, 6.45) is 3.52. The SMILES string of the molecule is BrCC(CBr)COC1CCCCO1. The summed E-state index contributed by atoms with van der Waals surface area (Å²) in [6.45, 7) is 1.64. The molecule has 1 atom stereocenters. The van der Waals surface area contributed by atoms with Crippen LogP contribution in [0.25, 0.3) is 0 Å². The van der Waals surface area contributed by atoms with Crippen LogP contribution < -0.4 is 0 Å². The largest absolute Gasteiger partial charge is 0.353 e. The molecule has 0 aromatic rings. The molecular formula is C9H16Br2O2. The van der Waals surface area contributed by atoms with E-state index in [1.807, 2.05) is 0 Å². The highest BCUT2D eigenvalue weighted by atomic mass is 79.9. The normalized spacial score (nSPS) is 23.8. The third-order valence-electron chi connectivity index (χ3n) is 2.09.